The number of carbonyl (C=O) groups excluding carboxylic acids is 1. The number of amides is 2. The maximum absolute atomic E-state index is 12.3. The third kappa shape index (κ3) is 4.07. The molecule has 25 heavy (non-hydrogen) atoms. The number of halogens is 1. The summed E-state index contributed by atoms with van der Waals surface area (Å²) in [6.45, 7) is 2.72. The summed E-state index contributed by atoms with van der Waals surface area (Å²) in [6.07, 6.45) is 3.33. The second kappa shape index (κ2) is 7.62. The van der Waals surface area contributed by atoms with Crippen molar-refractivity contribution in [2.75, 3.05) is 13.1 Å². The second-order valence-electron chi connectivity index (χ2n) is 6.80. The van der Waals surface area contributed by atoms with E-state index in [0.717, 1.165) is 41.8 Å². The first kappa shape index (κ1) is 18.0. The molecule has 0 bridgehead atoms. The van der Waals surface area contributed by atoms with Crippen LogP contribution in [-0.2, 0) is 11.2 Å². The molecular formula is C18H24ClN3O3. The standard InChI is InChI=1S/C18H24ClN3O3/c1-2-22(10-17(23)24)12-8-11(9-12)20-18(25)21-16-7-6-13-14(16)4-3-5-15(13)19/h3-5,11-12,16H,2,6-10H2,1H3,(H,23,24)(H2,20,21,25). The highest BCUT2D eigenvalue weighted by Gasteiger charge is 2.35. The molecule has 2 amide bonds. The Labute approximate surface area is 152 Å². The number of nitrogens with zero attached hydrogens (tertiary/aromatic N) is 1. The van der Waals surface area contributed by atoms with Crippen LogP contribution in [0.2, 0.25) is 5.02 Å². The summed E-state index contributed by atoms with van der Waals surface area (Å²) in [5.41, 5.74) is 2.23. The Balaban J connectivity index is 1.46. The monoisotopic (exact) mass is 365 g/mol. The number of carboxylic acid groups (broad SMARTS) is 1. The van der Waals surface area contributed by atoms with Crippen molar-refractivity contribution in [2.45, 2.75) is 50.7 Å². The number of rotatable bonds is 6. The number of carboxylic acids is 1. The first-order valence-electron chi connectivity index (χ1n) is 8.78. The normalized spacial score (nSPS) is 24.5. The summed E-state index contributed by atoms with van der Waals surface area (Å²) in [5.74, 6) is -0.811. The van der Waals surface area contributed by atoms with E-state index in [0.29, 0.717) is 6.54 Å². The Bertz CT molecular complexity index is 661. The highest BCUT2D eigenvalue weighted by Crippen LogP contribution is 2.35. The lowest BCUT2D eigenvalue weighted by atomic mass is 9.85. The summed E-state index contributed by atoms with van der Waals surface area (Å²) in [7, 11) is 0. The Morgan fingerprint density at radius 2 is 2.08 bits per heavy atom. The molecule has 3 N–H and O–H groups in total. The summed E-state index contributed by atoms with van der Waals surface area (Å²) >= 11 is 6.21. The molecular weight excluding hydrogens is 342 g/mol. The molecule has 0 saturated heterocycles. The van der Waals surface area contributed by atoms with E-state index in [1.54, 1.807) is 0 Å². The van der Waals surface area contributed by atoms with Crippen LogP contribution in [0.3, 0.4) is 0 Å². The van der Waals surface area contributed by atoms with Gasteiger partial charge in [0.2, 0.25) is 0 Å². The first-order valence-corrected chi connectivity index (χ1v) is 9.15. The van der Waals surface area contributed by atoms with Crippen molar-refractivity contribution in [2.24, 2.45) is 0 Å². The SMILES string of the molecule is CCN(CC(=O)O)C1CC(NC(=O)NC2CCc3c(Cl)cccc32)C1. The number of urea groups is 1. The molecule has 0 radical (unpaired) electrons. The molecule has 136 valence electrons. The van der Waals surface area contributed by atoms with Crippen molar-refractivity contribution in [3.05, 3.63) is 34.3 Å². The second-order valence-corrected chi connectivity index (χ2v) is 7.20. The molecule has 7 heteroatoms. The molecule has 1 aromatic rings. The van der Waals surface area contributed by atoms with E-state index in [4.69, 9.17) is 16.7 Å². The lowest BCUT2D eigenvalue weighted by Crippen LogP contribution is -2.56. The van der Waals surface area contributed by atoms with Crippen molar-refractivity contribution >= 4 is 23.6 Å². The molecule has 3 rings (SSSR count). The number of nitrogens with one attached hydrogen (secondary N) is 2. The van der Waals surface area contributed by atoms with E-state index in [-0.39, 0.29) is 30.7 Å². The molecule has 2 aliphatic rings. The molecule has 6 nitrogen and oxygen atoms in total. The van der Waals surface area contributed by atoms with Gasteiger partial charge in [0.15, 0.2) is 0 Å². The summed E-state index contributed by atoms with van der Waals surface area (Å²) in [6, 6.07) is 5.99. The van der Waals surface area contributed by atoms with Crippen LogP contribution in [-0.4, -0.2) is 47.2 Å². The molecule has 1 aromatic carbocycles. The highest BCUT2D eigenvalue weighted by molar-refractivity contribution is 6.31. The van der Waals surface area contributed by atoms with Crippen molar-refractivity contribution < 1.29 is 14.7 Å². The van der Waals surface area contributed by atoms with Gasteiger partial charge in [-0.2, -0.15) is 0 Å². The molecule has 0 aliphatic heterocycles. The minimum Gasteiger partial charge on any atom is -0.480 e. The predicted molar refractivity (Wildman–Crippen MR) is 95.9 cm³/mol. The van der Waals surface area contributed by atoms with Gasteiger partial charge in [-0.05, 0) is 49.4 Å². The van der Waals surface area contributed by atoms with Crippen molar-refractivity contribution in [3.8, 4) is 0 Å². The van der Waals surface area contributed by atoms with Gasteiger partial charge in [0.25, 0.3) is 0 Å². The third-order valence-electron chi connectivity index (χ3n) is 5.23. The van der Waals surface area contributed by atoms with Crippen LogP contribution in [0.5, 0.6) is 0 Å². The topological polar surface area (TPSA) is 81.7 Å². The van der Waals surface area contributed by atoms with Gasteiger partial charge < -0.3 is 15.7 Å². The lowest BCUT2D eigenvalue weighted by Gasteiger charge is -2.42. The van der Waals surface area contributed by atoms with Gasteiger partial charge in [-0.25, -0.2) is 4.79 Å². The van der Waals surface area contributed by atoms with Crippen LogP contribution in [0, 0.1) is 0 Å². The Hall–Kier alpha value is -1.79. The zero-order chi connectivity index (χ0) is 18.0. The van der Waals surface area contributed by atoms with Crippen LogP contribution in [0.25, 0.3) is 0 Å². The first-order chi connectivity index (χ1) is 12.0. The fraction of sp³-hybridized carbons (Fsp3) is 0.556. The summed E-state index contributed by atoms with van der Waals surface area (Å²) in [4.78, 5) is 25.1. The molecule has 2 aliphatic carbocycles. The van der Waals surface area contributed by atoms with Gasteiger partial charge in [0.1, 0.15) is 0 Å². The maximum atomic E-state index is 12.3. The largest absolute Gasteiger partial charge is 0.480 e. The number of hydrogen-bond donors (Lipinski definition) is 3. The smallest absolute Gasteiger partial charge is 0.317 e. The molecule has 1 unspecified atom stereocenters. The van der Waals surface area contributed by atoms with Crippen LogP contribution in [0.1, 0.15) is 43.4 Å². The van der Waals surface area contributed by atoms with Gasteiger partial charge in [0, 0.05) is 17.1 Å². The van der Waals surface area contributed by atoms with E-state index < -0.39 is 5.97 Å². The zero-order valence-corrected chi connectivity index (χ0v) is 15.1. The quantitative estimate of drug-likeness (QED) is 0.723. The minimum absolute atomic E-state index is 0.00345. The highest BCUT2D eigenvalue weighted by atomic mass is 35.5. The number of benzene rings is 1. The van der Waals surface area contributed by atoms with Crippen LogP contribution < -0.4 is 10.6 Å². The summed E-state index contributed by atoms with van der Waals surface area (Å²) in [5, 5.41) is 15.7. The molecule has 0 aromatic heterocycles. The maximum Gasteiger partial charge on any atom is 0.317 e. The average Bonchev–Trinajstić information content (AvgIpc) is 2.93. The van der Waals surface area contributed by atoms with Gasteiger partial charge >= 0.3 is 12.0 Å². The van der Waals surface area contributed by atoms with Crippen LogP contribution in [0.4, 0.5) is 4.79 Å². The number of fused-ring (bicyclic) bond motifs is 1. The Morgan fingerprint density at radius 3 is 2.76 bits per heavy atom. The Morgan fingerprint density at radius 1 is 1.32 bits per heavy atom. The molecule has 0 spiro atoms. The van der Waals surface area contributed by atoms with E-state index in [1.807, 2.05) is 30.0 Å². The van der Waals surface area contributed by atoms with E-state index in [2.05, 4.69) is 10.6 Å². The lowest BCUT2D eigenvalue weighted by molar-refractivity contribution is -0.139. The number of carbonyl (C=O) groups is 2. The molecule has 1 saturated carbocycles. The molecule has 1 fully saturated rings. The Kier molecular flexibility index (Phi) is 5.49. The number of aliphatic carboxylic acids is 1. The van der Waals surface area contributed by atoms with Gasteiger partial charge in [-0.15, -0.1) is 0 Å². The average molecular weight is 366 g/mol. The number of likely N-dealkylation sites (N-methyl/N-ethyl adjacent to an activating group) is 1. The summed E-state index contributed by atoms with van der Waals surface area (Å²) < 4.78 is 0. The van der Waals surface area contributed by atoms with Crippen LogP contribution in [0.15, 0.2) is 18.2 Å². The fourth-order valence-electron chi connectivity index (χ4n) is 3.82. The third-order valence-corrected chi connectivity index (χ3v) is 5.58. The molecule has 1 atom stereocenters. The molecule has 0 heterocycles. The van der Waals surface area contributed by atoms with Crippen molar-refractivity contribution in [1.82, 2.24) is 15.5 Å². The van der Waals surface area contributed by atoms with E-state index in [9.17, 15) is 9.59 Å². The zero-order valence-electron chi connectivity index (χ0n) is 14.3. The van der Waals surface area contributed by atoms with Gasteiger partial charge in [-0.3, -0.25) is 9.69 Å². The predicted octanol–water partition coefficient (Wildman–Crippen LogP) is 2.56. The van der Waals surface area contributed by atoms with Crippen LogP contribution >= 0.6 is 11.6 Å². The van der Waals surface area contributed by atoms with Gasteiger partial charge in [0.05, 0.1) is 12.6 Å². The number of hydrogen-bond acceptors (Lipinski definition) is 3. The fourth-order valence-corrected chi connectivity index (χ4v) is 4.10. The van der Waals surface area contributed by atoms with E-state index >= 15 is 0 Å². The van der Waals surface area contributed by atoms with Crippen molar-refractivity contribution in [3.63, 3.8) is 0 Å². The van der Waals surface area contributed by atoms with E-state index in [1.165, 1.54) is 0 Å². The minimum atomic E-state index is -0.811. The van der Waals surface area contributed by atoms with Gasteiger partial charge in [-0.1, -0.05) is 30.7 Å². The van der Waals surface area contributed by atoms with Crippen molar-refractivity contribution in [1.29, 1.82) is 0 Å².